The molecular formula is C4H4N2O5S. The van der Waals surface area contributed by atoms with Crippen molar-refractivity contribution >= 4 is 14.9 Å². The van der Waals surface area contributed by atoms with Gasteiger partial charge in [0.25, 0.3) is 5.70 Å². The standard InChI is InChI=1S/C4H4N2O5S/c7-5-4-1-3(6(8)9)2-12(4,10)11/h1,7H,2H2/b5-4+. The zero-order valence-electron chi connectivity index (χ0n) is 5.67. The Bertz CT molecular complexity index is 378. The van der Waals surface area contributed by atoms with Crippen molar-refractivity contribution in [2.24, 2.45) is 5.16 Å². The lowest BCUT2D eigenvalue weighted by Gasteiger charge is -1.88. The van der Waals surface area contributed by atoms with Crippen molar-refractivity contribution in [1.82, 2.24) is 0 Å². The fraction of sp³-hybridized carbons (Fsp3) is 0.250. The fourth-order valence-electron chi connectivity index (χ4n) is 0.739. The van der Waals surface area contributed by atoms with E-state index in [0.717, 1.165) is 6.08 Å². The van der Waals surface area contributed by atoms with Gasteiger partial charge in [-0.05, 0) is 0 Å². The van der Waals surface area contributed by atoms with E-state index in [4.69, 9.17) is 5.21 Å². The summed E-state index contributed by atoms with van der Waals surface area (Å²) >= 11 is 0. The molecule has 1 aliphatic heterocycles. The summed E-state index contributed by atoms with van der Waals surface area (Å²) in [6, 6.07) is 0. The minimum Gasteiger partial charge on any atom is -0.410 e. The minimum atomic E-state index is -3.77. The molecule has 1 N–H and O–H groups in total. The monoisotopic (exact) mass is 192 g/mol. The average molecular weight is 192 g/mol. The molecule has 0 spiro atoms. The number of nitro groups is 1. The van der Waals surface area contributed by atoms with Crippen LogP contribution in [0.25, 0.3) is 0 Å². The van der Waals surface area contributed by atoms with Crippen LogP contribution in [0.2, 0.25) is 0 Å². The molecular weight excluding hydrogens is 188 g/mol. The summed E-state index contributed by atoms with van der Waals surface area (Å²) in [5.41, 5.74) is -0.484. The molecule has 0 bridgehead atoms. The zero-order valence-corrected chi connectivity index (χ0v) is 6.48. The molecule has 0 amide bonds. The maximum atomic E-state index is 10.9. The van der Waals surface area contributed by atoms with Crippen LogP contribution in [0.5, 0.6) is 0 Å². The molecule has 0 fully saturated rings. The summed E-state index contributed by atoms with van der Waals surface area (Å²) < 4.78 is 21.7. The first-order chi connectivity index (χ1) is 5.47. The van der Waals surface area contributed by atoms with Gasteiger partial charge >= 0.3 is 0 Å². The average Bonchev–Trinajstić information content (AvgIpc) is 2.25. The van der Waals surface area contributed by atoms with Crippen molar-refractivity contribution in [3.63, 3.8) is 0 Å². The molecule has 66 valence electrons. The maximum absolute atomic E-state index is 10.9. The first-order valence-corrected chi connectivity index (χ1v) is 4.42. The van der Waals surface area contributed by atoms with Gasteiger partial charge in [-0.2, -0.15) is 0 Å². The van der Waals surface area contributed by atoms with E-state index in [-0.39, 0.29) is 0 Å². The lowest BCUT2D eigenvalue weighted by Crippen LogP contribution is -2.11. The quantitative estimate of drug-likeness (QED) is 0.337. The van der Waals surface area contributed by atoms with Crippen LogP contribution in [0.4, 0.5) is 0 Å². The van der Waals surface area contributed by atoms with Crippen molar-refractivity contribution in [1.29, 1.82) is 0 Å². The van der Waals surface area contributed by atoms with E-state index in [0.29, 0.717) is 0 Å². The van der Waals surface area contributed by atoms with Crippen LogP contribution in [-0.4, -0.2) is 29.3 Å². The van der Waals surface area contributed by atoms with E-state index in [1.165, 1.54) is 0 Å². The van der Waals surface area contributed by atoms with Gasteiger partial charge in [0, 0.05) is 0 Å². The Morgan fingerprint density at radius 2 is 2.25 bits per heavy atom. The van der Waals surface area contributed by atoms with E-state index < -0.39 is 31.3 Å². The predicted molar refractivity (Wildman–Crippen MR) is 38.1 cm³/mol. The van der Waals surface area contributed by atoms with Crippen molar-refractivity contribution in [2.45, 2.75) is 0 Å². The molecule has 0 aliphatic carbocycles. The smallest absolute Gasteiger partial charge is 0.264 e. The van der Waals surface area contributed by atoms with Crippen molar-refractivity contribution in [3.05, 3.63) is 21.9 Å². The highest BCUT2D eigenvalue weighted by Crippen LogP contribution is 2.14. The number of rotatable bonds is 1. The molecule has 0 aromatic carbocycles. The van der Waals surface area contributed by atoms with Gasteiger partial charge in [-0.1, -0.05) is 5.16 Å². The van der Waals surface area contributed by atoms with Gasteiger partial charge in [0.2, 0.25) is 14.9 Å². The Kier molecular flexibility index (Phi) is 1.84. The Hall–Kier alpha value is -1.44. The van der Waals surface area contributed by atoms with Gasteiger partial charge in [0.1, 0.15) is 5.75 Å². The zero-order chi connectivity index (χ0) is 9.35. The van der Waals surface area contributed by atoms with Gasteiger partial charge in [0.15, 0.2) is 0 Å². The van der Waals surface area contributed by atoms with Crippen LogP contribution in [-0.2, 0) is 9.84 Å². The normalized spacial score (nSPS) is 24.0. The van der Waals surface area contributed by atoms with Crippen LogP contribution in [0.3, 0.4) is 0 Å². The third-order valence-corrected chi connectivity index (χ3v) is 2.79. The molecule has 12 heavy (non-hydrogen) atoms. The third-order valence-electron chi connectivity index (χ3n) is 1.28. The molecule has 0 saturated heterocycles. The molecule has 8 heteroatoms. The van der Waals surface area contributed by atoms with Gasteiger partial charge in [-0.15, -0.1) is 0 Å². The summed E-state index contributed by atoms with van der Waals surface area (Å²) in [4.78, 5) is 9.26. The first-order valence-electron chi connectivity index (χ1n) is 2.77. The van der Waals surface area contributed by atoms with Gasteiger partial charge in [0.05, 0.1) is 11.0 Å². The number of nitrogens with zero attached hydrogens (tertiary/aromatic N) is 2. The molecule has 0 unspecified atom stereocenters. The van der Waals surface area contributed by atoms with Gasteiger partial charge in [-0.3, -0.25) is 10.1 Å². The van der Waals surface area contributed by atoms with Crippen LogP contribution in [0.15, 0.2) is 16.9 Å². The molecule has 0 atom stereocenters. The van der Waals surface area contributed by atoms with Gasteiger partial charge in [-0.25, -0.2) is 8.42 Å². The molecule has 7 nitrogen and oxygen atoms in total. The Balaban J connectivity index is 3.15. The highest BCUT2D eigenvalue weighted by Gasteiger charge is 2.34. The van der Waals surface area contributed by atoms with E-state index in [2.05, 4.69) is 5.16 Å². The molecule has 0 saturated carbocycles. The molecule has 0 aromatic rings. The predicted octanol–water partition coefficient (Wildman–Crippen LogP) is -0.637. The maximum Gasteiger partial charge on any atom is 0.264 e. The molecule has 1 rings (SSSR count). The largest absolute Gasteiger partial charge is 0.410 e. The van der Waals surface area contributed by atoms with E-state index in [9.17, 15) is 18.5 Å². The third kappa shape index (κ3) is 1.28. The highest BCUT2D eigenvalue weighted by molar-refractivity contribution is 8.07. The summed E-state index contributed by atoms with van der Waals surface area (Å²) in [5, 5.41) is 20.0. The molecule has 1 aliphatic rings. The lowest BCUT2D eigenvalue weighted by molar-refractivity contribution is -0.423. The Labute approximate surface area is 67.1 Å². The number of oxime groups is 1. The Morgan fingerprint density at radius 1 is 1.67 bits per heavy atom. The summed E-state index contributed by atoms with van der Waals surface area (Å²) in [6.45, 7) is 0. The van der Waals surface area contributed by atoms with E-state index in [1.807, 2.05) is 0 Å². The van der Waals surface area contributed by atoms with Gasteiger partial charge < -0.3 is 5.21 Å². The molecule has 0 radical (unpaired) electrons. The van der Waals surface area contributed by atoms with Crippen molar-refractivity contribution < 1.29 is 18.5 Å². The Morgan fingerprint density at radius 3 is 2.50 bits per heavy atom. The van der Waals surface area contributed by atoms with Crippen LogP contribution >= 0.6 is 0 Å². The van der Waals surface area contributed by atoms with E-state index in [1.54, 1.807) is 0 Å². The van der Waals surface area contributed by atoms with Crippen LogP contribution in [0, 0.1) is 10.1 Å². The summed E-state index contributed by atoms with van der Waals surface area (Å²) in [5.74, 6) is -0.709. The number of sulfone groups is 1. The van der Waals surface area contributed by atoms with Crippen molar-refractivity contribution in [3.8, 4) is 0 Å². The molecule has 0 aromatic heterocycles. The minimum absolute atomic E-state index is 0.484. The van der Waals surface area contributed by atoms with E-state index >= 15 is 0 Å². The SMILES string of the molecule is O=[N+]([O-])C1=C/C(=N\O)S(=O)(=O)C1. The second kappa shape index (κ2) is 2.55. The summed E-state index contributed by atoms with van der Waals surface area (Å²) in [7, 11) is -3.77. The van der Waals surface area contributed by atoms with Crippen LogP contribution in [0.1, 0.15) is 0 Å². The second-order valence-corrected chi connectivity index (χ2v) is 4.03. The fourth-order valence-corrected chi connectivity index (χ4v) is 1.91. The number of hydrogen-bond donors (Lipinski definition) is 1. The topological polar surface area (TPSA) is 110 Å². The van der Waals surface area contributed by atoms with Crippen molar-refractivity contribution in [2.75, 3.05) is 5.75 Å². The number of hydrogen-bond acceptors (Lipinski definition) is 6. The first kappa shape index (κ1) is 8.65. The second-order valence-electron chi connectivity index (χ2n) is 2.09. The van der Waals surface area contributed by atoms with Crippen LogP contribution < -0.4 is 0 Å². The lowest BCUT2D eigenvalue weighted by atomic mass is 10.5. The summed E-state index contributed by atoms with van der Waals surface area (Å²) in [6.07, 6.45) is 0.731. The molecule has 1 heterocycles. The highest BCUT2D eigenvalue weighted by atomic mass is 32.2.